The van der Waals surface area contributed by atoms with Crippen molar-refractivity contribution < 1.29 is 14.6 Å². The average Bonchev–Trinajstić information content (AvgIpc) is 2.27. The molecule has 4 heteroatoms. The third-order valence-electron chi connectivity index (χ3n) is 1.93. The van der Waals surface area contributed by atoms with Gasteiger partial charge >= 0.3 is 0 Å². The zero-order valence-electron chi connectivity index (χ0n) is 8.49. The molecule has 0 saturated carbocycles. The first-order valence-corrected chi connectivity index (χ1v) is 4.43. The molecule has 0 fully saturated rings. The topological polar surface area (TPSA) is 58.6 Å². The third-order valence-corrected chi connectivity index (χ3v) is 1.93. The largest absolute Gasteiger partial charge is 0.508 e. The second-order valence-electron chi connectivity index (χ2n) is 2.92. The zero-order chi connectivity index (χ0) is 11.3. The van der Waals surface area contributed by atoms with Crippen molar-refractivity contribution in [2.75, 3.05) is 7.11 Å². The molecule has 80 valence electrons. The lowest BCUT2D eigenvalue weighted by Crippen LogP contribution is -2.19. The van der Waals surface area contributed by atoms with Gasteiger partial charge in [-0.25, -0.2) is 0 Å². The Morgan fingerprint density at radius 1 is 1.67 bits per heavy atom. The van der Waals surface area contributed by atoms with E-state index >= 15 is 0 Å². The van der Waals surface area contributed by atoms with E-state index in [-0.39, 0.29) is 18.2 Å². The van der Waals surface area contributed by atoms with Gasteiger partial charge in [0.1, 0.15) is 11.5 Å². The summed E-state index contributed by atoms with van der Waals surface area (Å²) in [6.45, 7) is 3.57. The SMILES string of the molecule is C=CC(=O)NCc1cc(OC)ccc1O. The molecule has 4 nitrogen and oxygen atoms in total. The van der Waals surface area contributed by atoms with E-state index in [9.17, 15) is 9.90 Å². The molecule has 0 atom stereocenters. The lowest BCUT2D eigenvalue weighted by molar-refractivity contribution is -0.116. The van der Waals surface area contributed by atoms with Gasteiger partial charge in [-0.2, -0.15) is 0 Å². The van der Waals surface area contributed by atoms with Crippen molar-refractivity contribution in [2.45, 2.75) is 6.54 Å². The molecule has 0 spiro atoms. The van der Waals surface area contributed by atoms with E-state index in [1.165, 1.54) is 12.1 Å². The molecule has 0 aliphatic heterocycles. The summed E-state index contributed by atoms with van der Waals surface area (Å²) in [5, 5.41) is 12.1. The van der Waals surface area contributed by atoms with Crippen LogP contribution in [0, 0.1) is 0 Å². The maximum absolute atomic E-state index is 10.9. The number of aromatic hydroxyl groups is 1. The number of hydrogen-bond donors (Lipinski definition) is 2. The van der Waals surface area contributed by atoms with Crippen molar-refractivity contribution in [3.8, 4) is 11.5 Å². The number of hydrogen-bond acceptors (Lipinski definition) is 3. The summed E-state index contributed by atoms with van der Waals surface area (Å²) in [4.78, 5) is 10.9. The van der Waals surface area contributed by atoms with Gasteiger partial charge in [-0.15, -0.1) is 0 Å². The van der Waals surface area contributed by atoms with Crippen molar-refractivity contribution in [2.24, 2.45) is 0 Å². The van der Waals surface area contributed by atoms with Gasteiger partial charge in [0.2, 0.25) is 5.91 Å². The summed E-state index contributed by atoms with van der Waals surface area (Å²) < 4.78 is 5.00. The molecular formula is C11H13NO3. The van der Waals surface area contributed by atoms with Gasteiger partial charge in [0.05, 0.1) is 7.11 Å². The number of carbonyl (C=O) groups is 1. The number of phenols is 1. The maximum Gasteiger partial charge on any atom is 0.243 e. The fraction of sp³-hybridized carbons (Fsp3) is 0.182. The average molecular weight is 207 g/mol. The number of ether oxygens (including phenoxy) is 1. The molecule has 0 aliphatic carbocycles. The van der Waals surface area contributed by atoms with Crippen LogP contribution >= 0.6 is 0 Å². The van der Waals surface area contributed by atoms with Crippen molar-refractivity contribution in [1.29, 1.82) is 0 Å². The Kier molecular flexibility index (Phi) is 3.74. The third kappa shape index (κ3) is 3.02. The lowest BCUT2D eigenvalue weighted by Gasteiger charge is -2.07. The van der Waals surface area contributed by atoms with Gasteiger partial charge < -0.3 is 15.2 Å². The first-order chi connectivity index (χ1) is 7.17. The Morgan fingerprint density at radius 3 is 3.00 bits per heavy atom. The number of nitrogens with one attached hydrogen (secondary N) is 1. The fourth-order valence-corrected chi connectivity index (χ4v) is 1.08. The van der Waals surface area contributed by atoms with E-state index in [4.69, 9.17) is 4.74 Å². The predicted molar refractivity (Wildman–Crippen MR) is 56.7 cm³/mol. The summed E-state index contributed by atoms with van der Waals surface area (Å²) in [5.74, 6) is 0.480. The van der Waals surface area contributed by atoms with Crippen molar-refractivity contribution in [3.05, 3.63) is 36.4 Å². The fourth-order valence-electron chi connectivity index (χ4n) is 1.08. The Morgan fingerprint density at radius 2 is 2.40 bits per heavy atom. The van der Waals surface area contributed by atoms with Crippen LogP contribution in [0.15, 0.2) is 30.9 Å². The van der Waals surface area contributed by atoms with Crippen LogP contribution in [0.3, 0.4) is 0 Å². The number of amides is 1. The first-order valence-electron chi connectivity index (χ1n) is 4.43. The van der Waals surface area contributed by atoms with Crippen LogP contribution in [0.2, 0.25) is 0 Å². The van der Waals surface area contributed by atoms with Crippen LogP contribution in [-0.4, -0.2) is 18.1 Å². The predicted octanol–water partition coefficient (Wildman–Crippen LogP) is 1.20. The molecule has 0 unspecified atom stereocenters. The molecule has 0 aromatic heterocycles. The van der Waals surface area contributed by atoms with Gasteiger partial charge in [0.25, 0.3) is 0 Å². The molecule has 0 aliphatic rings. The lowest BCUT2D eigenvalue weighted by atomic mass is 10.2. The Hall–Kier alpha value is -1.97. The monoisotopic (exact) mass is 207 g/mol. The Bertz CT molecular complexity index is 374. The summed E-state index contributed by atoms with van der Waals surface area (Å²) >= 11 is 0. The molecule has 0 radical (unpaired) electrons. The highest BCUT2D eigenvalue weighted by Gasteiger charge is 2.03. The smallest absolute Gasteiger partial charge is 0.243 e. The summed E-state index contributed by atoms with van der Waals surface area (Å²) in [7, 11) is 1.54. The van der Waals surface area contributed by atoms with Gasteiger partial charge in [-0.3, -0.25) is 4.79 Å². The maximum atomic E-state index is 10.9. The quantitative estimate of drug-likeness (QED) is 0.729. The Balaban J connectivity index is 2.74. The van der Waals surface area contributed by atoms with E-state index in [0.717, 1.165) is 0 Å². The van der Waals surface area contributed by atoms with Crippen molar-refractivity contribution in [1.82, 2.24) is 5.32 Å². The van der Waals surface area contributed by atoms with E-state index in [2.05, 4.69) is 11.9 Å². The number of rotatable bonds is 4. The number of benzene rings is 1. The van der Waals surface area contributed by atoms with E-state index in [1.807, 2.05) is 0 Å². The van der Waals surface area contributed by atoms with Crippen LogP contribution in [0.25, 0.3) is 0 Å². The van der Waals surface area contributed by atoms with Crippen LogP contribution in [0.1, 0.15) is 5.56 Å². The van der Waals surface area contributed by atoms with Gasteiger partial charge in [-0.1, -0.05) is 6.58 Å². The van der Waals surface area contributed by atoms with Crippen LogP contribution in [0.5, 0.6) is 11.5 Å². The molecular weight excluding hydrogens is 194 g/mol. The van der Waals surface area contributed by atoms with Crippen LogP contribution in [-0.2, 0) is 11.3 Å². The second-order valence-corrected chi connectivity index (χ2v) is 2.92. The van der Waals surface area contributed by atoms with E-state index < -0.39 is 0 Å². The standard InChI is InChI=1S/C11H13NO3/c1-3-11(14)12-7-8-6-9(15-2)4-5-10(8)13/h3-6,13H,1,7H2,2H3,(H,12,14). The van der Waals surface area contributed by atoms with E-state index in [0.29, 0.717) is 11.3 Å². The minimum atomic E-state index is -0.280. The molecule has 1 amide bonds. The minimum absolute atomic E-state index is 0.125. The van der Waals surface area contributed by atoms with Crippen LogP contribution in [0.4, 0.5) is 0 Å². The first kappa shape index (κ1) is 11.1. The Labute approximate surface area is 88.2 Å². The number of methoxy groups -OCH3 is 1. The molecule has 15 heavy (non-hydrogen) atoms. The van der Waals surface area contributed by atoms with Gasteiger partial charge in [0, 0.05) is 12.1 Å². The molecule has 2 N–H and O–H groups in total. The van der Waals surface area contributed by atoms with Crippen LogP contribution < -0.4 is 10.1 Å². The summed E-state index contributed by atoms with van der Waals surface area (Å²) in [5.41, 5.74) is 0.601. The number of carbonyl (C=O) groups excluding carboxylic acids is 1. The molecule has 1 aromatic rings. The molecule has 0 heterocycles. The highest BCUT2D eigenvalue weighted by atomic mass is 16.5. The zero-order valence-corrected chi connectivity index (χ0v) is 8.49. The molecule has 0 saturated heterocycles. The van der Waals surface area contributed by atoms with Crippen molar-refractivity contribution in [3.63, 3.8) is 0 Å². The molecule has 1 rings (SSSR count). The van der Waals surface area contributed by atoms with Gasteiger partial charge in [0.15, 0.2) is 0 Å². The van der Waals surface area contributed by atoms with Crippen molar-refractivity contribution >= 4 is 5.91 Å². The molecule has 0 bridgehead atoms. The number of phenolic OH excluding ortho intramolecular Hbond substituents is 1. The highest BCUT2D eigenvalue weighted by Crippen LogP contribution is 2.22. The normalized spacial score (nSPS) is 9.40. The van der Waals surface area contributed by atoms with Gasteiger partial charge in [-0.05, 0) is 24.3 Å². The molecule has 1 aromatic carbocycles. The highest BCUT2D eigenvalue weighted by molar-refractivity contribution is 5.86. The summed E-state index contributed by atoms with van der Waals surface area (Å²) in [6.07, 6.45) is 1.18. The van der Waals surface area contributed by atoms with E-state index in [1.54, 1.807) is 19.2 Å². The second kappa shape index (κ2) is 5.05. The minimum Gasteiger partial charge on any atom is -0.508 e. The summed E-state index contributed by atoms with van der Waals surface area (Å²) in [6, 6.07) is 4.83.